The van der Waals surface area contributed by atoms with Gasteiger partial charge in [-0.2, -0.15) is 0 Å². The average Bonchev–Trinajstić information content (AvgIpc) is 3.01. The maximum Gasteiger partial charge on any atom is 0.466 e. The number of hydrogen-bond donors (Lipinski definition) is 7. The summed E-state index contributed by atoms with van der Waals surface area (Å²) in [4.78, 5) is 44.2. The minimum absolute atomic E-state index is 0.150. The van der Waals surface area contributed by atoms with E-state index in [1.165, 1.54) is 17.2 Å². The molecule has 15 heteroatoms. The zero-order valence-electron chi connectivity index (χ0n) is 12.2. The van der Waals surface area contributed by atoms with Crippen molar-refractivity contribution < 1.29 is 44.1 Å². The third-order valence-corrected chi connectivity index (χ3v) is 3.14. The fourth-order valence-electron chi connectivity index (χ4n) is 2.15. The lowest BCUT2D eigenvalue weighted by molar-refractivity contribution is -0.155. The molecule has 1 fully saturated rings. The molecule has 3 heterocycles. The lowest BCUT2D eigenvalue weighted by atomic mass is 10.1. The van der Waals surface area contributed by atoms with Crippen molar-refractivity contribution in [3.63, 3.8) is 0 Å². The number of rotatable bonds is 2. The van der Waals surface area contributed by atoms with Gasteiger partial charge in [0.15, 0.2) is 23.8 Å². The molecule has 0 aliphatic carbocycles. The summed E-state index contributed by atoms with van der Waals surface area (Å²) in [6.07, 6.45) is -3.11. The van der Waals surface area contributed by atoms with Crippen molar-refractivity contribution in [3.05, 3.63) is 12.7 Å². The Morgan fingerprint density at radius 2 is 1.80 bits per heavy atom. The van der Waals surface area contributed by atoms with Gasteiger partial charge >= 0.3 is 13.8 Å². The molecule has 0 spiro atoms. The Hall–Kier alpha value is -2.19. The van der Waals surface area contributed by atoms with Crippen LogP contribution >= 0.6 is 7.82 Å². The summed E-state index contributed by atoms with van der Waals surface area (Å²) in [6, 6.07) is 0. The number of aliphatic hydroxyl groups excluding tert-OH is 2. The third kappa shape index (κ3) is 4.26. The fourth-order valence-corrected chi connectivity index (χ4v) is 2.15. The number of carboxylic acid groups (broad SMARTS) is 1. The van der Waals surface area contributed by atoms with Gasteiger partial charge in [-0.3, -0.25) is 4.57 Å². The van der Waals surface area contributed by atoms with E-state index in [9.17, 15) is 15.0 Å². The maximum absolute atomic E-state index is 10.9. The normalized spacial score (nSPS) is 26.3. The van der Waals surface area contributed by atoms with Crippen LogP contribution in [0, 0.1) is 0 Å². The van der Waals surface area contributed by atoms with E-state index in [0.717, 1.165) is 0 Å². The molecule has 2 aromatic heterocycles. The molecule has 2 aromatic rings. The van der Waals surface area contributed by atoms with Gasteiger partial charge in [-0.05, 0) is 0 Å². The molecule has 1 aliphatic heterocycles. The topological polar surface area (TPSA) is 234 Å². The van der Waals surface area contributed by atoms with Crippen LogP contribution in [0.25, 0.3) is 11.2 Å². The first-order chi connectivity index (χ1) is 11.5. The molecule has 3 rings (SSSR count). The molecular formula is C10H14N5O9P. The lowest BCUT2D eigenvalue weighted by Crippen LogP contribution is -2.35. The Balaban J connectivity index is 0.000000399. The minimum atomic E-state index is -4.64. The number of carboxylic acids is 1. The zero-order valence-corrected chi connectivity index (χ0v) is 13.1. The van der Waals surface area contributed by atoms with Crippen LogP contribution in [0.1, 0.15) is 6.23 Å². The first-order valence-corrected chi connectivity index (χ1v) is 8.03. The molecule has 0 amide bonds. The maximum atomic E-state index is 10.9. The molecule has 14 nitrogen and oxygen atoms in total. The molecular weight excluding hydrogens is 365 g/mol. The number of nitrogens with two attached hydrogens (primary N) is 1. The molecule has 0 unspecified atom stereocenters. The number of aliphatic hydroxyl groups is 2. The van der Waals surface area contributed by atoms with E-state index in [1.807, 2.05) is 0 Å². The van der Waals surface area contributed by atoms with Gasteiger partial charge in [-0.25, -0.2) is 24.3 Å². The number of hydrogen-bond acceptors (Lipinski definition) is 9. The van der Waals surface area contributed by atoms with Crippen LogP contribution in [0.15, 0.2) is 12.7 Å². The first-order valence-electron chi connectivity index (χ1n) is 6.46. The van der Waals surface area contributed by atoms with Gasteiger partial charge in [0.25, 0.3) is 0 Å². The van der Waals surface area contributed by atoms with E-state index in [-0.39, 0.29) is 11.5 Å². The first kappa shape index (κ1) is 19.1. The summed E-state index contributed by atoms with van der Waals surface area (Å²) in [6.45, 7) is 0. The number of phosphoric acid groups is 1. The van der Waals surface area contributed by atoms with Crippen LogP contribution in [0.5, 0.6) is 0 Å². The molecule has 0 radical (unpaired) electrons. The fraction of sp³-hybridized carbons (Fsp3) is 0.400. The predicted octanol–water partition coefficient (Wildman–Crippen LogP) is -2.82. The second-order valence-electron chi connectivity index (χ2n) is 4.86. The standard InChI is InChI=1S/C10H11N5O5.H3O4P/c11-7-3-8(13-1-12-7)15(2-14-3)9-5(17)4(16)6(20-9)10(18)19;1-5(2,3)4/h1-2,4-6,9,16-17H,(H,18,19)(H2,11,12,13);(H3,1,2,3,4)/t4-,5+,6-,9+;/m0./s1. The number of imidazole rings is 1. The second-order valence-corrected chi connectivity index (χ2v) is 5.89. The minimum Gasteiger partial charge on any atom is -0.479 e. The van der Waals surface area contributed by atoms with Crippen molar-refractivity contribution in [2.45, 2.75) is 24.5 Å². The highest BCUT2D eigenvalue weighted by molar-refractivity contribution is 7.45. The third-order valence-electron chi connectivity index (χ3n) is 3.14. The number of aliphatic carboxylic acids is 1. The monoisotopic (exact) mass is 379 g/mol. The van der Waals surface area contributed by atoms with E-state index >= 15 is 0 Å². The molecule has 1 saturated heterocycles. The number of anilines is 1. The summed E-state index contributed by atoms with van der Waals surface area (Å²) < 4.78 is 15.4. The van der Waals surface area contributed by atoms with E-state index in [1.54, 1.807) is 0 Å². The number of fused-ring (bicyclic) bond motifs is 1. The van der Waals surface area contributed by atoms with Gasteiger partial charge in [0.05, 0.1) is 6.33 Å². The Morgan fingerprint density at radius 3 is 2.32 bits per heavy atom. The van der Waals surface area contributed by atoms with Gasteiger partial charge < -0.3 is 40.5 Å². The summed E-state index contributed by atoms with van der Waals surface area (Å²) in [5.74, 6) is -1.21. The molecule has 0 saturated carbocycles. The van der Waals surface area contributed by atoms with Gasteiger partial charge in [0.2, 0.25) is 0 Å². The highest BCUT2D eigenvalue weighted by Crippen LogP contribution is 2.31. The van der Waals surface area contributed by atoms with Gasteiger partial charge in [0.1, 0.15) is 24.1 Å². The summed E-state index contributed by atoms with van der Waals surface area (Å²) in [5, 5.41) is 28.5. The molecule has 25 heavy (non-hydrogen) atoms. The number of carbonyl (C=O) groups is 1. The smallest absolute Gasteiger partial charge is 0.466 e. The van der Waals surface area contributed by atoms with Crippen molar-refractivity contribution in [3.8, 4) is 0 Å². The van der Waals surface area contributed by atoms with Gasteiger partial charge in [-0.1, -0.05) is 0 Å². The van der Waals surface area contributed by atoms with Crippen molar-refractivity contribution in [1.82, 2.24) is 19.5 Å². The highest BCUT2D eigenvalue weighted by atomic mass is 31.2. The summed E-state index contributed by atoms with van der Waals surface area (Å²) in [5.41, 5.74) is 6.21. The number of nitrogen functional groups attached to an aromatic ring is 1. The Labute approximate surface area is 138 Å². The van der Waals surface area contributed by atoms with Crippen molar-refractivity contribution in [2.75, 3.05) is 5.73 Å². The summed E-state index contributed by atoms with van der Waals surface area (Å²) >= 11 is 0. The Kier molecular flexibility index (Phi) is 5.34. The molecule has 0 aromatic carbocycles. The van der Waals surface area contributed by atoms with Crippen LogP contribution in [-0.4, -0.2) is 73.8 Å². The second kappa shape index (κ2) is 6.97. The van der Waals surface area contributed by atoms with Crippen LogP contribution in [0.4, 0.5) is 5.82 Å². The quantitative estimate of drug-likeness (QED) is 0.261. The van der Waals surface area contributed by atoms with Crippen molar-refractivity contribution >= 4 is 30.8 Å². The highest BCUT2D eigenvalue weighted by Gasteiger charge is 2.47. The molecule has 8 N–H and O–H groups in total. The van der Waals surface area contributed by atoms with Crippen molar-refractivity contribution in [1.29, 1.82) is 0 Å². The molecule has 0 bridgehead atoms. The molecule has 1 aliphatic rings. The summed E-state index contributed by atoms with van der Waals surface area (Å²) in [7, 11) is -4.64. The number of nitrogens with zero attached hydrogens (tertiary/aromatic N) is 4. The van der Waals surface area contributed by atoms with Gasteiger partial charge in [-0.15, -0.1) is 0 Å². The Bertz CT molecular complexity index is 814. The predicted molar refractivity (Wildman–Crippen MR) is 77.6 cm³/mol. The largest absolute Gasteiger partial charge is 0.479 e. The lowest BCUT2D eigenvalue weighted by Gasteiger charge is -2.16. The van der Waals surface area contributed by atoms with Crippen LogP contribution < -0.4 is 5.73 Å². The van der Waals surface area contributed by atoms with E-state index in [0.29, 0.717) is 5.52 Å². The molecule has 4 atom stereocenters. The zero-order chi connectivity index (χ0) is 18.9. The van der Waals surface area contributed by atoms with E-state index in [2.05, 4.69) is 15.0 Å². The SMILES string of the molecule is Nc1ncnc2c1ncn2[C@@H]1O[C@H](C(=O)O)[C@@H](O)[C@H]1O.O=P(O)(O)O. The van der Waals surface area contributed by atoms with Crippen molar-refractivity contribution in [2.24, 2.45) is 0 Å². The van der Waals surface area contributed by atoms with Crippen LogP contribution in [-0.2, 0) is 14.1 Å². The Morgan fingerprint density at radius 1 is 1.20 bits per heavy atom. The van der Waals surface area contributed by atoms with Crippen LogP contribution in [0.2, 0.25) is 0 Å². The van der Waals surface area contributed by atoms with E-state index < -0.39 is 38.3 Å². The average molecular weight is 379 g/mol. The van der Waals surface area contributed by atoms with Crippen LogP contribution in [0.3, 0.4) is 0 Å². The number of ether oxygens (including phenoxy) is 1. The molecule has 138 valence electrons. The van der Waals surface area contributed by atoms with E-state index in [4.69, 9.17) is 34.8 Å². The number of aromatic nitrogens is 4. The van der Waals surface area contributed by atoms with Gasteiger partial charge in [0, 0.05) is 0 Å².